The molecule has 5 rings (SSSR count). The van der Waals surface area contributed by atoms with Crippen molar-refractivity contribution in [3.8, 4) is 44.5 Å². The van der Waals surface area contributed by atoms with Crippen molar-refractivity contribution in [1.82, 2.24) is 0 Å². The quantitative estimate of drug-likeness (QED) is 0.0996. The topological polar surface area (TPSA) is 0 Å². The molecular weight excluding hydrogens is 688 g/mol. The van der Waals surface area contributed by atoms with Gasteiger partial charge in [0.15, 0.2) is 0 Å². The van der Waals surface area contributed by atoms with E-state index in [1.807, 2.05) is 0 Å². The van der Waals surface area contributed by atoms with Crippen molar-refractivity contribution >= 4 is 31.9 Å². The molecule has 0 saturated carbocycles. The van der Waals surface area contributed by atoms with E-state index in [4.69, 9.17) is 0 Å². The second-order valence-corrected chi connectivity index (χ2v) is 14.7. The Kier molecular flexibility index (Phi) is 12.5. The number of unbranched alkanes of at least 4 members (excludes halogenated alkanes) is 6. The lowest BCUT2D eigenvalue weighted by Gasteiger charge is -2.19. The third kappa shape index (κ3) is 8.69. The van der Waals surface area contributed by atoms with E-state index in [9.17, 15) is 0 Å². The molecular formula is C44H48Br2. The van der Waals surface area contributed by atoms with Crippen LogP contribution in [0, 0.1) is 13.8 Å². The van der Waals surface area contributed by atoms with Crippen LogP contribution in [0.25, 0.3) is 44.5 Å². The number of rotatable bonds is 14. The van der Waals surface area contributed by atoms with Gasteiger partial charge in [-0.15, -0.1) is 0 Å². The Morgan fingerprint density at radius 3 is 1.07 bits per heavy atom. The molecule has 0 aliphatic carbocycles. The molecule has 0 spiro atoms. The molecule has 0 atom stereocenters. The number of halogens is 2. The van der Waals surface area contributed by atoms with E-state index < -0.39 is 0 Å². The highest BCUT2D eigenvalue weighted by molar-refractivity contribution is 9.10. The zero-order chi connectivity index (χ0) is 32.5. The highest BCUT2D eigenvalue weighted by atomic mass is 79.9. The molecule has 0 unspecified atom stereocenters. The monoisotopic (exact) mass is 734 g/mol. The van der Waals surface area contributed by atoms with Gasteiger partial charge in [0, 0.05) is 8.95 Å². The molecule has 0 heterocycles. The summed E-state index contributed by atoms with van der Waals surface area (Å²) < 4.78 is 2.26. The summed E-state index contributed by atoms with van der Waals surface area (Å²) in [5.41, 5.74) is 16.1. The maximum Gasteiger partial charge on any atom is 0.0178 e. The normalized spacial score (nSPS) is 11.3. The van der Waals surface area contributed by atoms with E-state index >= 15 is 0 Å². The molecule has 0 aliphatic heterocycles. The van der Waals surface area contributed by atoms with Gasteiger partial charge in [-0.3, -0.25) is 0 Å². The van der Waals surface area contributed by atoms with Gasteiger partial charge in [-0.1, -0.05) is 157 Å². The van der Waals surface area contributed by atoms with Crippen molar-refractivity contribution in [2.45, 2.75) is 91.9 Å². The van der Waals surface area contributed by atoms with E-state index in [0.29, 0.717) is 0 Å². The SMILES string of the molecule is CCCCCCc1cc(-c2ccc(-c3ccc(Br)cc3C)cc2)c(CCCCCC)cc1-c1ccc(-c2ccc(Br)cc2C)cc1. The predicted molar refractivity (Wildman–Crippen MR) is 209 cm³/mol. The van der Waals surface area contributed by atoms with E-state index in [1.165, 1.54) is 118 Å². The molecule has 5 aromatic rings. The van der Waals surface area contributed by atoms with Crippen molar-refractivity contribution in [2.75, 3.05) is 0 Å². The third-order valence-corrected chi connectivity index (χ3v) is 10.3. The minimum Gasteiger partial charge on any atom is -0.0654 e. The van der Waals surface area contributed by atoms with Gasteiger partial charge in [0.1, 0.15) is 0 Å². The lowest BCUT2D eigenvalue weighted by atomic mass is 9.86. The third-order valence-electron chi connectivity index (χ3n) is 9.32. The zero-order valence-corrected chi connectivity index (χ0v) is 31.2. The van der Waals surface area contributed by atoms with Gasteiger partial charge in [-0.05, 0) is 131 Å². The Morgan fingerprint density at radius 2 is 0.739 bits per heavy atom. The lowest BCUT2D eigenvalue weighted by Crippen LogP contribution is -1.99. The van der Waals surface area contributed by atoms with Crippen LogP contribution in [0.2, 0.25) is 0 Å². The molecule has 0 fully saturated rings. The smallest absolute Gasteiger partial charge is 0.0178 e. The van der Waals surface area contributed by atoms with Gasteiger partial charge < -0.3 is 0 Å². The highest BCUT2D eigenvalue weighted by Gasteiger charge is 2.15. The summed E-state index contributed by atoms with van der Waals surface area (Å²) in [7, 11) is 0. The molecule has 5 aromatic carbocycles. The van der Waals surface area contributed by atoms with Crippen molar-refractivity contribution in [3.05, 3.63) is 128 Å². The number of hydrogen-bond acceptors (Lipinski definition) is 0. The van der Waals surface area contributed by atoms with Crippen molar-refractivity contribution in [3.63, 3.8) is 0 Å². The summed E-state index contributed by atoms with van der Waals surface area (Å²) in [4.78, 5) is 0. The van der Waals surface area contributed by atoms with Crippen LogP contribution < -0.4 is 0 Å². The average Bonchev–Trinajstić information content (AvgIpc) is 3.05. The van der Waals surface area contributed by atoms with E-state index in [0.717, 1.165) is 21.8 Å². The van der Waals surface area contributed by atoms with Gasteiger partial charge in [0.2, 0.25) is 0 Å². The Bertz CT molecular complexity index is 1600. The first-order chi connectivity index (χ1) is 22.4. The Hall–Kier alpha value is -2.94. The summed E-state index contributed by atoms with van der Waals surface area (Å²) >= 11 is 7.25. The Morgan fingerprint density at radius 1 is 0.391 bits per heavy atom. The molecule has 0 N–H and O–H groups in total. The maximum absolute atomic E-state index is 3.62. The summed E-state index contributed by atoms with van der Waals surface area (Å²) in [6.07, 6.45) is 12.4. The van der Waals surface area contributed by atoms with Crippen LogP contribution in [0.1, 0.15) is 87.5 Å². The summed E-state index contributed by atoms with van der Waals surface area (Å²) in [6.45, 7) is 8.98. The fourth-order valence-corrected chi connectivity index (χ4v) is 7.64. The number of benzene rings is 5. The van der Waals surface area contributed by atoms with Gasteiger partial charge >= 0.3 is 0 Å². The van der Waals surface area contributed by atoms with Crippen molar-refractivity contribution < 1.29 is 0 Å². The fraction of sp³-hybridized carbons (Fsp3) is 0.318. The van der Waals surface area contributed by atoms with E-state index in [2.05, 4.69) is 157 Å². The zero-order valence-electron chi connectivity index (χ0n) is 28.1. The molecule has 0 aromatic heterocycles. The second kappa shape index (κ2) is 16.8. The molecule has 46 heavy (non-hydrogen) atoms. The van der Waals surface area contributed by atoms with Crippen LogP contribution in [0.4, 0.5) is 0 Å². The van der Waals surface area contributed by atoms with Gasteiger partial charge in [-0.25, -0.2) is 0 Å². The van der Waals surface area contributed by atoms with Crippen molar-refractivity contribution in [1.29, 1.82) is 0 Å². The molecule has 2 heteroatoms. The first-order valence-corrected chi connectivity index (χ1v) is 18.9. The van der Waals surface area contributed by atoms with Gasteiger partial charge in [0.05, 0.1) is 0 Å². The first-order valence-electron chi connectivity index (χ1n) is 17.3. The minimum atomic E-state index is 1.11. The predicted octanol–water partition coefficient (Wildman–Crippen LogP) is 14.7. The number of aryl methyl sites for hydroxylation is 4. The Balaban J connectivity index is 1.55. The van der Waals surface area contributed by atoms with Crippen LogP contribution in [0.3, 0.4) is 0 Å². The summed E-state index contributed by atoms with van der Waals surface area (Å²) in [5.74, 6) is 0. The second-order valence-electron chi connectivity index (χ2n) is 12.9. The molecule has 0 radical (unpaired) electrons. The standard InChI is InChI=1S/C44H48Br2/c1-5-7-9-11-13-37-29-44(36-21-17-34(18-22-36)42-26-24-40(46)28-32(42)4)38(14-12-10-8-6-2)30-43(37)35-19-15-33(16-20-35)41-25-23-39(45)27-31(41)3/h15-30H,5-14H2,1-4H3. The summed E-state index contributed by atoms with van der Waals surface area (Å²) in [5, 5.41) is 0. The largest absolute Gasteiger partial charge is 0.0654 e. The molecule has 0 amide bonds. The molecule has 0 nitrogen and oxygen atoms in total. The van der Waals surface area contributed by atoms with Crippen LogP contribution in [-0.4, -0.2) is 0 Å². The Labute approximate surface area is 295 Å². The van der Waals surface area contributed by atoms with Crippen LogP contribution >= 0.6 is 31.9 Å². The van der Waals surface area contributed by atoms with Gasteiger partial charge in [-0.2, -0.15) is 0 Å². The number of hydrogen-bond donors (Lipinski definition) is 0. The molecule has 238 valence electrons. The highest BCUT2D eigenvalue weighted by Crippen LogP contribution is 2.37. The first kappa shape index (κ1) is 34.4. The molecule has 0 saturated heterocycles. The maximum atomic E-state index is 3.62. The fourth-order valence-electron chi connectivity index (χ4n) is 6.69. The van der Waals surface area contributed by atoms with Gasteiger partial charge in [0.25, 0.3) is 0 Å². The average molecular weight is 737 g/mol. The molecule has 0 aliphatic rings. The summed E-state index contributed by atoms with van der Waals surface area (Å²) in [6, 6.07) is 36.8. The van der Waals surface area contributed by atoms with Crippen LogP contribution in [0.5, 0.6) is 0 Å². The van der Waals surface area contributed by atoms with Crippen LogP contribution in [-0.2, 0) is 12.8 Å². The molecule has 0 bridgehead atoms. The lowest BCUT2D eigenvalue weighted by molar-refractivity contribution is 0.664. The van der Waals surface area contributed by atoms with Crippen LogP contribution in [0.15, 0.2) is 106 Å². The van der Waals surface area contributed by atoms with E-state index in [1.54, 1.807) is 0 Å². The van der Waals surface area contributed by atoms with Crippen molar-refractivity contribution in [2.24, 2.45) is 0 Å². The van der Waals surface area contributed by atoms with E-state index in [-0.39, 0.29) is 0 Å². The minimum absolute atomic E-state index is 1.11.